The molecule has 0 atom stereocenters. The van der Waals surface area contributed by atoms with Gasteiger partial charge in [0.15, 0.2) is 0 Å². The topological polar surface area (TPSA) is 89.5 Å². The molecule has 1 aliphatic heterocycles. The van der Waals surface area contributed by atoms with Crippen LogP contribution in [0.15, 0.2) is 47.3 Å². The zero-order chi connectivity index (χ0) is 20.4. The molecule has 7 nitrogen and oxygen atoms in total. The van der Waals surface area contributed by atoms with E-state index in [0.29, 0.717) is 54.8 Å². The fraction of sp³-hybridized carbons (Fsp3) is 0.286. The molecular weight excluding hydrogens is 375 g/mol. The average molecular weight is 396 g/mol. The van der Waals surface area contributed by atoms with Gasteiger partial charge >= 0.3 is 0 Å². The minimum Gasteiger partial charge on any atom is -0.395 e. The first kappa shape index (κ1) is 19.2. The summed E-state index contributed by atoms with van der Waals surface area (Å²) in [5.74, 6) is -0.966. The maximum Gasteiger partial charge on any atom is 0.272 e. The van der Waals surface area contributed by atoms with Gasteiger partial charge in [0.25, 0.3) is 11.5 Å². The van der Waals surface area contributed by atoms with Gasteiger partial charge in [-0.1, -0.05) is 18.2 Å². The van der Waals surface area contributed by atoms with E-state index < -0.39 is 5.82 Å². The van der Waals surface area contributed by atoms with Crippen molar-refractivity contribution in [3.05, 3.63) is 64.2 Å². The van der Waals surface area contributed by atoms with Gasteiger partial charge in [-0.3, -0.25) is 14.5 Å². The first-order valence-electron chi connectivity index (χ1n) is 9.48. The van der Waals surface area contributed by atoms with E-state index in [2.05, 4.69) is 15.1 Å². The Kier molecular flexibility index (Phi) is 5.37. The number of benzene rings is 2. The highest BCUT2D eigenvalue weighted by Gasteiger charge is 2.24. The first-order valence-corrected chi connectivity index (χ1v) is 9.48. The number of amides is 1. The molecule has 150 valence electrons. The quantitative estimate of drug-likeness (QED) is 0.697. The molecular formula is C21H21FN4O3. The van der Waals surface area contributed by atoms with Crippen molar-refractivity contribution in [1.29, 1.82) is 0 Å². The minimum atomic E-state index is -0.592. The van der Waals surface area contributed by atoms with Crippen LogP contribution < -0.4 is 5.56 Å². The Labute approximate surface area is 166 Å². The highest BCUT2D eigenvalue weighted by molar-refractivity contribution is 5.98. The van der Waals surface area contributed by atoms with E-state index in [4.69, 9.17) is 5.11 Å². The zero-order valence-electron chi connectivity index (χ0n) is 15.8. The predicted octanol–water partition coefficient (Wildman–Crippen LogP) is 1.48. The number of aliphatic hydroxyl groups is 1. The highest BCUT2D eigenvalue weighted by Crippen LogP contribution is 2.26. The van der Waals surface area contributed by atoms with Gasteiger partial charge in [0.05, 0.1) is 23.3 Å². The third kappa shape index (κ3) is 3.76. The molecule has 0 unspecified atom stereocenters. The van der Waals surface area contributed by atoms with Gasteiger partial charge in [0.2, 0.25) is 0 Å². The van der Waals surface area contributed by atoms with Crippen LogP contribution in [0.1, 0.15) is 10.4 Å². The van der Waals surface area contributed by atoms with E-state index in [0.717, 1.165) is 0 Å². The molecule has 1 amide bonds. The van der Waals surface area contributed by atoms with Crippen LogP contribution in [0.5, 0.6) is 0 Å². The Morgan fingerprint density at radius 2 is 1.83 bits per heavy atom. The van der Waals surface area contributed by atoms with Crippen LogP contribution in [0.25, 0.3) is 22.0 Å². The number of hydrogen-bond acceptors (Lipinski definition) is 5. The number of halogens is 1. The molecule has 8 heteroatoms. The molecule has 4 rings (SSSR count). The largest absolute Gasteiger partial charge is 0.395 e. The lowest BCUT2D eigenvalue weighted by Crippen LogP contribution is -2.49. The summed E-state index contributed by atoms with van der Waals surface area (Å²) in [6.07, 6.45) is 0. The number of carbonyl (C=O) groups is 1. The molecule has 1 fully saturated rings. The number of fused-ring (bicyclic) bond motifs is 1. The number of aromatic nitrogens is 2. The van der Waals surface area contributed by atoms with Crippen molar-refractivity contribution in [3.63, 3.8) is 0 Å². The van der Waals surface area contributed by atoms with Crippen LogP contribution in [0, 0.1) is 5.82 Å². The maximum absolute atomic E-state index is 14.5. The molecule has 0 spiro atoms. The number of aliphatic hydroxyl groups excluding tert-OH is 1. The number of β-amino-alcohol motifs (C(OH)–C–C–N with tert-alkyl or cyclic N) is 1. The van der Waals surface area contributed by atoms with Crippen molar-refractivity contribution >= 4 is 16.7 Å². The standard InChI is InChI=1S/C21H21FN4O3/c22-18-6-5-14(19-15-3-1-2-4-16(15)20(28)24-23-19)13-17(18)21(29)26-9-7-25(8-10-26)11-12-27/h1-6,13,27H,7-12H2,(H,24,28). The number of nitrogens with one attached hydrogen (secondary N) is 1. The van der Waals surface area contributed by atoms with E-state index in [9.17, 15) is 14.0 Å². The second-order valence-electron chi connectivity index (χ2n) is 7.00. The molecule has 0 saturated carbocycles. The summed E-state index contributed by atoms with van der Waals surface area (Å²) in [5, 5.41) is 16.8. The molecule has 2 N–H and O–H groups in total. The number of aromatic amines is 1. The highest BCUT2D eigenvalue weighted by atomic mass is 19.1. The van der Waals surface area contributed by atoms with E-state index >= 15 is 0 Å². The molecule has 1 saturated heterocycles. The summed E-state index contributed by atoms with van der Waals surface area (Å²) < 4.78 is 14.5. The molecule has 1 aromatic heterocycles. The zero-order valence-corrected chi connectivity index (χ0v) is 15.8. The van der Waals surface area contributed by atoms with Crippen molar-refractivity contribution < 1.29 is 14.3 Å². The van der Waals surface area contributed by atoms with Crippen LogP contribution >= 0.6 is 0 Å². The SMILES string of the molecule is O=C(c1cc(-c2n[nH]c(=O)c3ccccc23)ccc1F)N1CCN(CCO)CC1. The van der Waals surface area contributed by atoms with Crippen LogP contribution in [0.2, 0.25) is 0 Å². The number of nitrogens with zero attached hydrogens (tertiary/aromatic N) is 3. The van der Waals surface area contributed by atoms with E-state index in [1.54, 1.807) is 35.2 Å². The smallest absolute Gasteiger partial charge is 0.272 e. The van der Waals surface area contributed by atoms with E-state index in [1.807, 2.05) is 0 Å². The number of carbonyl (C=O) groups excluding carboxylic acids is 1. The molecule has 2 heterocycles. The fourth-order valence-corrected chi connectivity index (χ4v) is 3.66. The predicted molar refractivity (Wildman–Crippen MR) is 107 cm³/mol. The van der Waals surface area contributed by atoms with Crippen molar-refractivity contribution in [2.75, 3.05) is 39.3 Å². The minimum absolute atomic E-state index is 0.0183. The average Bonchev–Trinajstić information content (AvgIpc) is 2.75. The number of piperazine rings is 1. The van der Waals surface area contributed by atoms with E-state index in [-0.39, 0.29) is 23.6 Å². The normalized spacial score (nSPS) is 15.0. The summed E-state index contributed by atoms with van der Waals surface area (Å²) in [6.45, 7) is 2.87. The van der Waals surface area contributed by atoms with Crippen LogP contribution in [-0.4, -0.2) is 70.3 Å². The maximum atomic E-state index is 14.5. The summed E-state index contributed by atoms with van der Waals surface area (Å²) in [7, 11) is 0. The number of H-pyrrole nitrogens is 1. The van der Waals surface area contributed by atoms with Gasteiger partial charge in [-0.2, -0.15) is 5.10 Å². The Balaban J connectivity index is 1.67. The lowest BCUT2D eigenvalue weighted by Gasteiger charge is -2.34. The molecule has 0 bridgehead atoms. The lowest BCUT2D eigenvalue weighted by atomic mass is 10.0. The summed E-state index contributed by atoms with van der Waals surface area (Å²) in [5.41, 5.74) is 0.724. The van der Waals surface area contributed by atoms with Gasteiger partial charge < -0.3 is 10.0 Å². The van der Waals surface area contributed by atoms with Crippen LogP contribution in [0.4, 0.5) is 4.39 Å². The molecule has 1 aliphatic rings. The molecule has 0 radical (unpaired) electrons. The molecule has 3 aromatic rings. The third-order valence-electron chi connectivity index (χ3n) is 5.24. The monoisotopic (exact) mass is 396 g/mol. The second-order valence-corrected chi connectivity index (χ2v) is 7.00. The van der Waals surface area contributed by atoms with Crippen molar-refractivity contribution in [3.8, 4) is 11.3 Å². The number of hydrogen-bond donors (Lipinski definition) is 2. The number of rotatable bonds is 4. The van der Waals surface area contributed by atoms with Crippen molar-refractivity contribution in [1.82, 2.24) is 20.0 Å². The van der Waals surface area contributed by atoms with Crippen molar-refractivity contribution in [2.24, 2.45) is 0 Å². The van der Waals surface area contributed by atoms with Crippen LogP contribution in [-0.2, 0) is 0 Å². The summed E-state index contributed by atoms with van der Waals surface area (Å²) in [6, 6.07) is 11.3. The first-order chi connectivity index (χ1) is 14.1. The van der Waals surface area contributed by atoms with Gasteiger partial charge in [-0.15, -0.1) is 0 Å². The van der Waals surface area contributed by atoms with E-state index in [1.165, 1.54) is 12.1 Å². The summed E-state index contributed by atoms with van der Waals surface area (Å²) >= 11 is 0. The molecule has 29 heavy (non-hydrogen) atoms. The van der Waals surface area contributed by atoms with Gasteiger partial charge in [0.1, 0.15) is 5.82 Å². The molecule has 0 aliphatic carbocycles. The third-order valence-corrected chi connectivity index (χ3v) is 5.24. The molecule has 2 aromatic carbocycles. The van der Waals surface area contributed by atoms with Gasteiger partial charge in [0, 0.05) is 43.7 Å². The second kappa shape index (κ2) is 8.10. The lowest BCUT2D eigenvalue weighted by molar-refractivity contribution is 0.0610. The Hall–Kier alpha value is -3.10. The van der Waals surface area contributed by atoms with Gasteiger partial charge in [-0.05, 0) is 24.3 Å². The van der Waals surface area contributed by atoms with Gasteiger partial charge in [-0.25, -0.2) is 9.49 Å². The Bertz CT molecular complexity index is 1110. The Morgan fingerprint density at radius 1 is 1.10 bits per heavy atom. The Morgan fingerprint density at radius 3 is 2.55 bits per heavy atom. The van der Waals surface area contributed by atoms with Crippen molar-refractivity contribution in [2.45, 2.75) is 0 Å². The van der Waals surface area contributed by atoms with Crippen LogP contribution in [0.3, 0.4) is 0 Å². The fourth-order valence-electron chi connectivity index (χ4n) is 3.66. The summed E-state index contributed by atoms with van der Waals surface area (Å²) in [4.78, 5) is 28.6.